The summed E-state index contributed by atoms with van der Waals surface area (Å²) >= 11 is 0. The minimum atomic E-state index is 0. The van der Waals surface area contributed by atoms with E-state index < -0.39 is 0 Å². The molecule has 0 aromatic heterocycles. The zero-order valence-corrected chi connectivity index (χ0v) is 16.1. The van der Waals surface area contributed by atoms with Gasteiger partial charge in [0.15, 0.2) is 5.96 Å². The molecular formula is C15H31IN4O. The van der Waals surface area contributed by atoms with Crippen molar-refractivity contribution < 1.29 is 4.74 Å². The van der Waals surface area contributed by atoms with Crippen LogP contribution in [0.4, 0.5) is 0 Å². The van der Waals surface area contributed by atoms with Crippen molar-refractivity contribution in [2.24, 2.45) is 4.99 Å². The Balaban J connectivity index is 0.00000220. The number of nitrogens with zero attached hydrogens (tertiary/aromatic N) is 2. The maximum Gasteiger partial charge on any atom is 0.191 e. The van der Waals surface area contributed by atoms with E-state index in [1.54, 1.807) is 0 Å². The predicted molar refractivity (Wildman–Crippen MR) is 98.6 cm³/mol. The second-order valence-corrected chi connectivity index (χ2v) is 5.88. The van der Waals surface area contributed by atoms with E-state index in [0.29, 0.717) is 24.3 Å². The molecule has 2 saturated heterocycles. The minimum absolute atomic E-state index is 0. The first kappa shape index (κ1) is 19.0. The molecule has 0 spiro atoms. The van der Waals surface area contributed by atoms with Crippen molar-refractivity contribution in [1.29, 1.82) is 0 Å². The first-order valence-corrected chi connectivity index (χ1v) is 8.04. The highest BCUT2D eigenvalue weighted by Crippen LogP contribution is 2.34. The van der Waals surface area contributed by atoms with E-state index in [4.69, 9.17) is 4.74 Å². The van der Waals surface area contributed by atoms with Crippen LogP contribution >= 0.6 is 24.0 Å². The van der Waals surface area contributed by atoms with Gasteiger partial charge in [-0.15, -0.1) is 24.0 Å². The summed E-state index contributed by atoms with van der Waals surface area (Å²) in [4.78, 5) is 6.78. The lowest BCUT2D eigenvalue weighted by Gasteiger charge is -2.28. The van der Waals surface area contributed by atoms with E-state index in [9.17, 15) is 0 Å². The molecule has 0 aromatic carbocycles. The van der Waals surface area contributed by atoms with Gasteiger partial charge in [0, 0.05) is 19.6 Å². The summed E-state index contributed by atoms with van der Waals surface area (Å²) in [5, 5.41) is 6.97. The van der Waals surface area contributed by atoms with Crippen LogP contribution in [0, 0.1) is 0 Å². The lowest BCUT2D eigenvalue weighted by Crippen LogP contribution is -2.50. The molecule has 2 N–H and O–H groups in total. The van der Waals surface area contributed by atoms with Crippen LogP contribution in [0.25, 0.3) is 0 Å². The van der Waals surface area contributed by atoms with Crippen LogP contribution in [-0.2, 0) is 4.74 Å². The Morgan fingerprint density at radius 3 is 2.52 bits per heavy atom. The Hall–Kier alpha value is -0.0800. The number of hydrogen-bond acceptors (Lipinski definition) is 3. The summed E-state index contributed by atoms with van der Waals surface area (Å²) in [6.07, 6.45) is 4.41. The molecule has 21 heavy (non-hydrogen) atoms. The first-order valence-electron chi connectivity index (χ1n) is 8.04. The molecule has 2 bridgehead atoms. The third kappa shape index (κ3) is 4.96. The van der Waals surface area contributed by atoms with Gasteiger partial charge in [0.2, 0.25) is 0 Å². The molecule has 2 aliphatic rings. The number of halogens is 1. The number of likely N-dealkylation sites (N-methyl/N-ethyl adjacent to an activating group) is 1. The molecule has 2 heterocycles. The number of ether oxygens (including phenoxy) is 1. The van der Waals surface area contributed by atoms with Crippen LogP contribution in [0.1, 0.15) is 40.0 Å². The summed E-state index contributed by atoms with van der Waals surface area (Å²) in [6, 6.07) is 0.948. The van der Waals surface area contributed by atoms with Crippen molar-refractivity contribution in [3.63, 3.8) is 0 Å². The molecule has 124 valence electrons. The zero-order chi connectivity index (χ0) is 14.5. The fourth-order valence-corrected chi connectivity index (χ4v) is 3.38. The van der Waals surface area contributed by atoms with E-state index in [1.807, 2.05) is 7.05 Å². The van der Waals surface area contributed by atoms with Gasteiger partial charge in [0.25, 0.3) is 0 Å². The van der Waals surface area contributed by atoms with E-state index in [-0.39, 0.29) is 24.0 Å². The van der Waals surface area contributed by atoms with Crippen molar-refractivity contribution in [3.8, 4) is 0 Å². The highest BCUT2D eigenvalue weighted by atomic mass is 127. The van der Waals surface area contributed by atoms with Crippen LogP contribution in [0.2, 0.25) is 0 Å². The van der Waals surface area contributed by atoms with Crippen LogP contribution in [0.3, 0.4) is 0 Å². The molecule has 2 fully saturated rings. The maximum absolute atomic E-state index is 5.88. The molecule has 0 saturated carbocycles. The highest BCUT2D eigenvalue weighted by molar-refractivity contribution is 14.0. The normalized spacial score (nSPS) is 29.4. The quantitative estimate of drug-likeness (QED) is 0.399. The van der Waals surface area contributed by atoms with Crippen LogP contribution in [-0.4, -0.2) is 61.8 Å². The van der Waals surface area contributed by atoms with Gasteiger partial charge in [-0.3, -0.25) is 9.89 Å². The van der Waals surface area contributed by atoms with Gasteiger partial charge >= 0.3 is 0 Å². The second-order valence-electron chi connectivity index (χ2n) is 5.88. The van der Waals surface area contributed by atoms with Gasteiger partial charge in [0.1, 0.15) is 0 Å². The standard InChI is InChI=1S/C15H30N4O.HI/c1-5-19(6-2)11(3)10-17-15(16-4)18-13-9-12-7-8-14(13)20-12;/h11-14H,5-10H2,1-4H3,(H2,16,17,18);1H. The van der Waals surface area contributed by atoms with E-state index in [0.717, 1.165) is 32.0 Å². The average Bonchev–Trinajstić information content (AvgIpc) is 3.07. The largest absolute Gasteiger partial charge is 0.373 e. The smallest absolute Gasteiger partial charge is 0.191 e. The molecule has 0 amide bonds. The van der Waals surface area contributed by atoms with E-state index in [2.05, 4.69) is 41.3 Å². The fourth-order valence-electron chi connectivity index (χ4n) is 3.38. The summed E-state index contributed by atoms with van der Waals surface area (Å²) in [5.41, 5.74) is 0. The number of nitrogens with one attached hydrogen (secondary N) is 2. The number of fused-ring (bicyclic) bond motifs is 2. The van der Waals surface area contributed by atoms with Crippen molar-refractivity contribution in [1.82, 2.24) is 15.5 Å². The molecule has 5 nitrogen and oxygen atoms in total. The van der Waals surface area contributed by atoms with Gasteiger partial charge in [-0.05, 0) is 39.3 Å². The van der Waals surface area contributed by atoms with Crippen molar-refractivity contribution >= 4 is 29.9 Å². The zero-order valence-electron chi connectivity index (χ0n) is 13.8. The van der Waals surface area contributed by atoms with E-state index >= 15 is 0 Å². The molecule has 4 unspecified atom stereocenters. The summed E-state index contributed by atoms with van der Waals surface area (Å²) in [6.45, 7) is 9.77. The number of aliphatic imine (C=N–C) groups is 1. The third-order valence-electron chi connectivity index (χ3n) is 4.65. The number of rotatable bonds is 6. The minimum Gasteiger partial charge on any atom is -0.373 e. The topological polar surface area (TPSA) is 48.9 Å². The highest BCUT2D eigenvalue weighted by Gasteiger charge is 2.41. The molecule has 2 rings (SSSR count). The Morgan fingerprint density at radius 1 is 1.33 bits per heavy atom. The predicted octanol–water partition coefficient (Wildman–Crippen LogP) is 1.82. The van der Waals surface area contributed by atoms with Gasteiger partial charge in [-0.2, -0.15) is 0 Å². The van der Waals surface area contributed by atoms with Gasteiger partial charge < -0.3 is 15.4 Å². The van der Waals surface area contributed by atoms with Crippen molar-refractivity contribution in [2.45, 2.75) is 64.3 Å². The Labute approximate surface area is 146 Å². The Morgan fingerprint density at radius 2 is 2.05 bits per heavy atom. The summed E-state index contributed by atoms with van der Waals surface area (Å²) in [7, 11) is 1.84. The molecule has 0 radical (unpaired) electrons. The molecule has 2 aliphatic heterocycles. The first-order chi connectivity index (χ1) is 9.67. The van der Waals surface area contributed by atoms with Gasteiger partial charge in [-0.25, -0.2) is 0 Å². The number of hydrogen-bond donors (Lipinski definition) is 2. The number of guanidine groups is 1. The fraction of sp³-hybridized carbons (Fsp3) is 0.933. The Kier molecular flexibility index (Phi) is 8.26. The summed E-state index contributed by atoms with van der Waals surface area (Å²) in [5.74, 6) is 0.908. The van der Waals surface area contributed by atoms with Crippen LogP contribution < -0.4 is 10.6 Å². The molecular weight excluding hydrogens is 379 g/mol. The second kappa shape index (κ2) is 9.15. The molecule has 0 aromatic rings. The maximum atomic E-state index is 5.88. The molecule has 4 atom stereocenters. The summed E-state index contributed by atoms with van der Waals surface area (Å²) < 4.78 is 5.88. The third-order valence-corrected chi connectivity index (χ3v) is 4.65. The van der Waals surface area contributed by atoms with Crippen LogP contribution in [0.5, 0.6) is 0 Å². The SMILES string of the molecule is CCN(CC)C(C)CNC(=NC)NC1CC2CCC1O2.I. The average molecular weight is 410 g/mol. The van der Waals surface area contributed by atoms with Crippen molar-refractivity contribution in [2.75, 3.05) is 26.7 Å². The van der Waals surface area contributed by atoms with Crippen LogP contribution in [0.15, 0.2) is 4.99 Å². The lowest BCUT2D eigenvalue weighted by molar-refractivity contribution is 0.0992. The molecule has 0 aliphatic carbocycles. The lowest BCUT2D eigenvalue weighted by atomic mass is 9.96. The van der Waals surface area contributed by atoms with E-state index in [1.165, 1.54) is 12.8 Å². The monoisotopic (exact) mass is 410 g/mol. The Bertz CT molecular complexity index is 336. The van der Waals surface area contributed by atoms with Gasteiger partial charge in [0.05, 0.1) is 18.2 Å². The molecule has 6 heteroatoms. The van der Waals surface area contributed by atoms with Crippen molar-refractivity contribution in [3.05, 3.63) is 0 Å². The van der Waals surface area contributed by atoms with Gasteiger partial charge in [-0.1, -0.05) is 13.8 Å².